The predicted octanol–water partition coefficient (Wildman–Crippen LogP) is 3.27. The number of nitrogens with two attached hydrogens (primary N) is 1. The Balaban J connectivity index is 1.65. The second-order valence-electron chi connectivity index (χ2n) is 7.41. The van der Waals surface area contributed by atoms with Crippen LogP contribution in [0.5, 0.6) is 0 Å². The molecule has 1 heterocycles. The summed E-state index contributed by atoms with van der Waals surface area (Å²) in [5, 5.41) is 13.0. The van der Waals surface area contributed by atoms with Gasteiger partial charge in [-0.1, -0.05) is 25.0 Å². The van der Waals surface area contributed by atoms with Crippen molar-refractivity contribution >= 4 is 17.2 Å². The molecule has 26 heavy (non-hydrogen) atoms. The number of aromatic nitrogens is 1. The minimum absolute atomic E-state index is 0.255. The first kappa shape index (κ1) is 20.2. The average molecular weight is 363 g/mol. The van der Waals surface area contributed by atoms with Crippen LogP contribution < -0.4 is 11.1 Å². The Hall–Kier alpha value is -2.12. The van der Waals surface area contributed by atoms with Crippen LogP contribution in [0.25, 0.3) is 11.1 Å². The molecule has 1 amide bonds. The van der Waals surface area contributed by atoms with Gasteiger partial charge in [-0.25, -0.2) is 9.78 Å². The van der Waals surface area contributed by atoms with E-state index in [0.717, 1.165) is 19.3 Å². The maximum Gasteiger partial charge on any atom is 0.407 e. The third kappa shape index (κ3) is 6.31. The van der Waals surface area contributed by atoms with Gasteiger partial charge in [0.1, 0.15) is 17.2 Å². The van der Waals surface area contributed by atoms with Crippen molar-refractivity contribution in [1.82, 2.24) is 10.3 Å². The van der Waals surface area contributed by atoms with Gasteiger partial charge in [0.15, 0.2) is 5.58 Å². The van der Waals surface area contributed by atoms with Gasteiger partial charge in [-0.15, -0.1) is 0 Å². The highest BCUT2D eigenvalue weighted by atomic mass is 16.6. The summed E-state index contributed by atoms with van der Waals surface area (Å²) in [7, 11) is 0. The Kier molecular flexibility index (Phi) is 6.99. The van der Waals surface area contributed by atoms with E-state index in [1.807, 2.05) is 45.0 Å². The quantitative estimate of drug-likeness (QED) is 0.621. The van der Waals surface area contributed by atoms with Crippen molar-refractivity contribution in [2.45, 2.75) is 64.2 Å². The summed E-state index contributed by atoms with van der Waals surface area (Å²) in [5.74, 6) is 0.255. The SMILES string of the molecule is CC(C)(C)OC(=O)NCCCCC[C@H](N)C(O)c1nc2ccccc2o1. The number of amides is 1. The number of aliphatic hydroxyl groups is 1. The Labute approximate surface area is 153 Å². The number of rotatable bonds is 8. The molecule has 0 aliphatic heterocycles. The summed E-state index contributed by atoms with van der Waals surface area (Å²) in [5.41, 5.74) is 6.93. The molecule has 7 heteroatoms. The van der Waals surface area contributed by atoms with Gasteiger partial charge in [-0.05, 0) is 45.7 Å². The molecule has 0 saturated carbocycles. The molecule has 0 aliphatic rings. The summed E-state index contributed by atoms with van der Waals surface area (Å²) in [6.07, 6.45) is 1.87. The molecule has 0 bridgehead atoms. The van der Waals surface area contributed by atoms with Gasteiger partial charge in [0, 0.05) is 12.6 Å². The fourth-order valence-electron chi connectivity index (χ4n) is 2.54. The molecule has 1 aromatic carbocycles. The van der Waals surface area contributed by atoms with Crippen LogP contribution in [0.3, 0.4) is 0 Å². The zero-order chi connectivity index (χ0) is 19.2. The number of ether oxygens (including phenoxy) is 1. The number of hydrogen-bond donors (Lipinski definition) is 3. The van der Waals surface area contributed by atoms with Crippen molar-refractivity contribution in [3.05, 3.63) is 30.2 Å². The Morgan fingerprint density at radius 1 is 1.31 bits per heavy atom. The summed E-state index contributed by atoms with van der Waals surface area (Å²) >= 11 is 0. The number of aliphatic hydroxyl groups excluding tert-OH is 1. The van der Waals surface area contributed by atoms with E-state index >= 15 is 0 Å². The maximum atomic E-state index is 11.5. The molecule has 1 unspecified atom stereocenters. The molecule has 0 fully saturated rings. The fraction of sp³-hybridized carbons (Fsp3) is 0.579. The van der Waals surface area contributed by atoms with E-state index in [0.29, 0.717) is 24.1 Å². The third-order valence-electron chi connectivity index (χ3n) is 3.85. The first-order valence-corrected chi connectivity index (χ1v) is 9.02. The fourth-order valence-corrected chi connectivity index (χ4v) is 2.54. The van der Waals surface area contributed by atoms with Crippen molar-refractivity contribution in [1.29, 1.82) is 0 Å². The van der Waals surface area contributed by atoms with Gasteiger partial charge >= 0.3 is 6.09 Å². The molecule has 7 nitrogen and oxygen atoms in total. The topological polar surface area (TPSA) is 111 Å². The Bertz CT molecular complexity index is 675. The second kappa shape index (κ2) is 9.00. The number of alkyl carbamates (subject to hydrolysis) is 1. The van der Waals surface area contributed by atoms with Gasteiger partial charge in [0.2, 0.25) is 5.89 Å². The molecular formula is C19H29N3O4. The molecule has 2 atom stereocenters. The lowest BCUT2D eigenvalue weighted by Gasteiger charge is -2.19. The van der Waals surface area contributed by atoms with Crippen molar-refractivity contribution in [2.24, 2.45) is 5.73 Å². The van der Waals surface area contributed by atoms with Gasteiger partial charge < -0.3 is 25.3 Å². The van der Waals surface area contributed by atoms with Crippen LogP contribution >= 0.6 is 0 Å². The average Bonchev–Trinajstić information content (AvgIpc) is 2.99. The number of hydrogen-bond acceptors (Lipinski definition) is 6. The maximum absolute atomic E-state index is 11.5. The number of nitrogens with zero attached hydrogens (tertiary/aromatic N) is 1. The third-order valence-corrected chi connectivity index (χ3v) is 3.85. The second-order valence-corrected chi connectivity index (χ2v) is 7.41. The molecule has 0 spiro atoms. The molecule has 0 radical (unpaired) electrons. The van der Waals surface area contributed by atoms with E-state index in [-0.39, 0.29) is 5.89 Å². The normalized spacial score (nSPS) is 14.2. The largest absolute Gasteiger partial charge is 0.444 e. The highest BCUT2D eigenvalue weighted by molar-refractivity contribution is 5.72. The van der Waals surface area contributed by atoms with Gasteiger partial charge in [-0.2, -0.15) is 0 Å². The zero-order valence-electron chi connectivity index (χ0n) is 15.7. The van der Waals surface area contributed by atoms with Gasteiger partial charge in [0.25, 0.3) is 0 Å². The highest BCUT2D eigenvalue weighted by Gasteiger charge is 2.22. The van der Waals surface area contributed by atoms with E-state index < -0.39 is 23.8 Å². The molecule has 1 aromatic heterocycles. The van der Waals surface area contributed by atoms with Crippen molar-refractivity contribution < 1.29 is 19.1 Å². The summed E-state index contributed by atoms with van der Waals surface area (Å²) in [4.78, 5) is 15.8. The molecule has 2 aromatic rings. The van der Waals surface area contributed by atoms with Crippen LogP contribution in [0, 0.1) is 0 Å². The van der Waals surface area contributed by atoms with Crippen molar-refractivity contribution in [2.75, 3.05) is 6.54 Å². The monoisotopic (exact) mass is 363 g/mol. The molecule has 4 N–H and O–H groups in total. The lowest BCUT2D eigenvalue weighted by Crippen LogP contribution is -2.33. The van der Waals surface area contributed by atoms with Gasteiger partial charge in [-0.3, -0.25) is 0 Å². The number of fused-ring (bicyclic) bond motifs is 1. The van der Waals surface area contributed by atoms with E-state index in [1.54, 1.807) is 0 Å². The molecule has 0 aliphatic carbocycles. The molecule has 2 rings (SSSR count). The number of oxazole rings is 1. The number of carbonyl (C=O) groups is 1. The molecule has 144 valence electrons. The summed E-state index contributed by atoms with van der Waals surface area (Å²) < 4.78 is 10.7. The lowest BCUT2D eigenvalue weighted by atomic mass is 10.0. The minimum atomic E-state index is -0.928. The number of unbranched alkanes of at least 4 members (excludes halogenated alkanes) is 2. The lowest BCUT2D eigenvalue weighted by molar-refractivity contribution is 0.0527. The standard InChI is InChI=1S/C19H29N3O4/c1-19(2,3)26-18(24)21-12-8-4-5-9-13(20)16(23)17-22-14-10-6-7-11-15(14)25-17/h6-7,10-11,13,16,23H,4-5,8-9,12,20H2,1-3H3,(H,21,24)/t13-,16?/m0/s1. The number of nitrogens with one attached hydrogen (secondary N) is 1. The van der Waals surface area contributed by atoms with Crippen LogP contribution in [-0.4, -0.2) is 34.4 Å². The Morgan fingerprint density at radius 3 is 2.73 bits per heavy atom. The summed E-state index contributed by atoms with van der Waals surface area (Å²) in [6, 6.07) is 6.92. The van der Waals surface area contributed by atoms with E-state index in [1.165, 1.54) is 0 Å². The van der Waals surface area contributed by atoms with Crippen LogP contribution in [0.2, 0.25) is 0 Å². The smallest absolute Gasteiger partial charge is 0.407 e. The first-order chi connectivity index (χ1) is 12.3. The van der Waals surface area contributed by atoms with E-state index in [4.69, 9.17) is 14.9 Å². The number of benzene rings is 1. The number of carbonyl (C=O) groups excluding carboxylic acids is 1. The zero-order valence-corrected chi connectivity index (χ0v) is 15.7. The van der Waals surface area contributed by atoms with Crippen LogP contribution in [0.15, 0.2) is 28.7 Å². The molecular weight excluding hydrogens is 334 g/mol. The van der Waals surface area contributed by atoms with E-state index in [9.17, 15) is 9.90 Å². The van der Waals surface area contributed by atoms with Crippen molar-refractivity contribution in [3.63, 3.8) is 0 Å². The van der Waals surface area contributed by atoms with Crippen LogP contribution in [0.1, 0.15) is 58.4 Å². The first-order valence-electron chi connectivity index (χ1n) is 9.02. The van der Waals surface area contributed by atoms with Gasteiger partial charge in [0.05, 0.1) is 0 Å². The predicted molar refractivity (Wildman–Crippen MR) is 99.6 cm³/mol. The summed E-state index contributed by atoms with van der Waals surface area (Å²) in [6.45, 7) is 6.04. The van der Waals surface area contributed by atoms with Crippen LogP contribution in [0.4, 0.5) is 4.79 Å². The minimum Gasteiger partial charge on any atom is -0.444 e. The highest BCUT2D eigenvalue weighted by Crippen LogP contribution is 2.23. The van der Waals surface area contributed by atoms with E-state index in [2.05, 4.69) is 10.3 Å². The molecule has 0 saturated heterocycles. The van der Waals surface area contributed by atoms with Crippen LogP contribution in [-0.2, 0) is 4.74 Å². The Morgan fingerprint density at radius 2 is 2.04 bits per heavy atom. The number of para-hydroxylation sites is 2. The van der Waals surface area contributed by atoms with Crippen molar-refractivity contribution in [3.8, 4) is 0 Å².